The first-order valence-electron chi connectivity index (χ1n) is 8.80. The Morgan fingerprint density at radius 3 is 2.67 bits per heavy atom. The lowest BCUT2D eigenvalue weighted by Gasteiger charge is -2.38. The molecule has 1 unspecified atom stereocenters. The van der Waals surface area contributed by atoms with Gasteiger partial charge in [-0.15, -0.1) is 0 Å². The lowest BCUT2D eigenvalue weighted by atomic mass is 10.0. The second kappa shape index (κ2) is 8.14. The summed E-state index contributed by atoms with van der Waals surface area (Å²) in [5.41, 5.74) is 0.895. The standard InChI is InChI=1S/C19H22FN3O3S/c1-15(24)23(13-16-4-2-10-21-12-16)18-5-3-11-22(14-18)27(25,26)19-8-6-17(20)7-9-19/h2,4,6-10,12,18H,3,5,11,13-14H2,1H3. The Balaban J connectivity index is 1.79. The minimum absolute atomic E-state index is 0.0613. The molecule has 1 amide bonds. The van der Waals surface area contributed by atoms with Crippen LogP contribution in [0, 0.1) is 5.82 Å². The molecule has 27 heavy (non-hydrogen) atoms. The van der Waals surface area contributed by atoms with Gasteiger partial charge in [0.05, 0.1) is 4.90 Å². The number of carbonyl (C=O) groups is 1. The molecule has 0 aliphatic carbocycles. The molecule has 0 spiro atoms. The Hall–Kier alpha value is -2.32. The number of sulfonamides is 1. The van der Waals surface area contributed by atoms with Crippen molar-refractivity contribution < 1.29 is 17.6 Å². The molecule has 1 atom stereocenters. The molecule has 144 valence electrons. The van der Waals surface area contributed by atoms with Gasteiger partial charge in [0.15, 0.2) is 0 Å². The van der Waals surface area contributed by atoms with Gasteiger partial charge in [0.1, 0.15) is 5.82 Å². The highest BCUT2D eigenvalue weighted by molar-refractivity contribution is 7.89. The lowest BCUT2D eigenvalue weighted by molar-refractivity contribution is -0.132. The summed E-state index contributed by atoms with van der Waals surface area (Å²) < 4.78 is 40.3. The molecule has 0 N–H and O–H groups in total. The number of rotatable bonds is 5. The van der Waals surface area contributed by atoms with Crippen molar-refractivity contribution in [1.29, 1.82) is 0 Å². The van der Waals surface area contributed by atoms with Crippen LogP contribution in [0.1, 0.15) is 25.3 Å². The van der Waals surface area contributed by atoms with E-state index in [9.17, 15) is 17.6 Å². The van der Waals surface area contributed by atoms with Crippen LogP contribution in [-0.2, 0) is 21.4 Å². The first-order chi connectivity index (χ1) is 12.9. The van der Waals surface area contributed by atoms with E-state index in [1.54, 1.807) is 23.4 Å². The van der Waals surface area contributed by atoms with Crippen LogP contribution in [0.4, 0.5) is 4.39 Å². The average molecular weight is 391 g/mol. The second-order valence-electron chi connectivity index (χ2n) is 6.62. The first kappa shape index (κ1) is 19.4. The lowest BCUT2D eigenvalue weighted by Crippen LogP contribution is -2.50. The molecule has 1 aliphatic heterocycles. The predicted molar refractivity (Wildman–Crippen MR) is 98.6 cm³/mol. The van der Waals surface area contributed by atoms with E-state index in [-0.39, 0.29) is 23.4 Å². The number of nitrogens with zero attached hydrogens (tertiary/aromatic N) is 3. The van der Waals surface area contributed by atoms with E-state index in [1.165, 1.54) is 23.4 Å². The Bertz CT molecular complexity index is 888. The highest BCUT2D eigenvalue weighted by atomic mass is 32.2. The zero-order valence-corrected chi connectivity index (χ0v) is 15.9. The summed E-state index contributed by atoms with van der Waals surface area (Å²) in [6.45, 7) is 2.48. The number of piperidine rings is 1. The van der Waals surface area contributed by atoms with Crippen LogP contribution in [0.2, 0.25) is 0 Å². The third kappa shape index (κ3) is 4.51. The summed E-state index contributed by atoms with van der Waals surface area (Å²) in [4.78, 5) is 18.0. The fourth-order valence-electron chi connectivity index (χ4n) is 3.34. The van der Waals surface area contributed by atoms with Crippen LogP contribution < -0.4 is 0 Å². The highest BCUT2D eigenvalue weighted by Gasteiger charge is 2.33. The smallest absolute Gasteiger partial charge is 0.243 e. The Kier molecular flexibility index (Phi) is 5.86. The SMILES string of the molecule is CC(=O)N(Cc1cccnc1)C1CCCN(S(=O)(=O)c2ccc(F)cc2)C1. The van der Waals surface area contributed by atoms with Gasteiger partial charge in [-0.1, -0.05) is 6.07 Å². The van der Waals surface area contributed by atoms with Gasteiger partial charge in [0.25, 0.3) is 0 Å². The predicted octanol–water partition coefficient (Wildman–Crippen LogP) is 2.42. The van der Waals surface area contributed by atoms with Crippen LogP contribution in [0.3, 0.4) is 0 Å². The monoisotopic (exact) mass is 391 g/mol. The van der Waals surface area contributed by atoms with Crippen LogP contribution in [0.25, 0.3) is 0 Å². The van der Waals surface area contributed by atoms with Crippen LogP contribution >= 0.6 is 0 Å². The molecular formula is C19H22FN3O3S. The Labute approximate surface area is 158 Å². The van der Waals surface area contributed by atoms with E-state index in [0.717, 1.165) is 24.1 Å². The van der Waals surface area contributed by atoms with Gasteiger partial charge in [0, 0.05) is 45.0 Å². The number of halogens is 1. The summed E-state index contributed by atoms with van der Waals surface area (Å²) in [6, 6.07) is 8.29. The minimum atomic E-state index is -3.73. The quantitative estimate of drug-likeness (QED) is 0.785. The molecule has 1 aromatic heterocycles. The maximum atomic E-state index is 13.1. The second-order valence-corrected chi connectivity index (χ2v) is 8.56. The molecule has 1 aliphatic rings. The molecule has 1 fully saturated rings. The van der Waals surface area contributed by atoms with Gasteiger partial charge in [0.2, 0.25) is 15.9 Å². The third-order valence-electron chi connectivity index (χ3n) is 4.73. The number of hydrogen-bond acceptors (Lipinski definition) is 4. The number of pyridine rings is 1. The summed E-state index contributed by atoms with van der Waals surface area (Å²) in [7, 11) is -3.73. The molecular weight excluding hydrogens is 369 g/mol. The number of hydrogen-bond donors (Lipinski definition) is 0. The average Bonchev–Trinajstić information content (AvgIpc) is 2.67. The van der Waals surface area contributed by atoms with E-state index in [1.807, 2.05) is 6.07 Å². The summed E-state index contributed by atoms with van der Waals surface area (Å²) in [5.74, 6) is -0.588. The summed E-state index contributed by atoms with van der Waals surface area (Å²) in [5, 5.41) is 0. The van der Waals surface area contributed by atoms with Crippen molar-refractivity contribution in [2.24, 2.45) is 0 Å². The van der Waals surface area contributed by atoms with Crippen molar-refractivity contribution in [2.75, 3.05) is 13.1 Å². The zero-order chi connectivity index (χ0) is 19.4. The van der Waals surface area contributed by atoms with Gasteiger partial charge in [-0.05, 0) is 48.7 Å². The number of carbonyl (C=O) groups excluding carboxylic acids is 1. The molecule has 3 rings (SSSR count). The van der Waals surface area contributed by atoms with Gasteiger partial charge in [-0.25, -0.2) is 12.8 Å². The third-order valence-corrected chi connectivity index (χ3v) is 6.61. The zero-order valence-electron chi connectivity index (χ0n) is 15.1. The molecule has 1 saturated heterocycles. The van der Waals surface area contributed by atoms with E-state index in [2.05, 4.69) is 4.98 Å². The van der Waals surface area contributed by atoms with Crippen LogP contribution in [0.5, 0.6) is 0 Å². The Morgan fingerprint density at radius 1 is 1.30 bits per heavy atom. The van der Waals surface area contributed by atoms with E-state index in [0.29, 0.717) is 19.5 Å². The van der Waals surface area contributed by atoms with Gasteiger partial charge >= 0.3 is 0 Å². The summed E-state index contributed by atoms with van der Waals surface area (Å²) in [6.07, 6.45) is 4.75. The van der Waals surface area contributed by atoms with Gasteiger partial charge in [-0.3, -0.25) is 9.78 Å². The van der Waals surface area contributed by atoms with Crippen molar-refractivity contribution in [1.82, 2.24) is 14.2 Å². The maximum Gasteiger partial charge on any atom is 0.243 e. The van der Waals surface area contributed by atoms with Gasteiger partial charge in [-0.2, -0.15) is 4.31 Å². The fourth-order valence-corrected chi connectivity index (χ4v) is 4.85. The van der Waals surface area contributed by atoms with Gasteiger partial charge < -0.3 is 4.90 Å². The molecule has 8 heteroatoms. The Morgan fingerprint density at radius 2 is 2.04 bits per heavy atom. The molecule has 2 heterocycles. The number of aromatic nitrogens is 1. The van der Waals surface area contributed by atoms with Crippen molar-refractivity contribution in [3.63, 3.8) is 0 Å². The molecule has 0 radical (unpaired) electrons. The fraction of sp³-hybridized carbons (Fsp3) is 0.368. The molecule has 2 aromatic rings. The van der Waals surface area contributed by atoms with Crippen molar-refractivity contribution in [3.05, 3.63) is 60.2 Å². The minimum Gasteiger partial charge on any atom is -0.334 e. The molecule has 1 aromatic carbocycles. The van der Waals surface area contributed by atoms with E-state index >= 15 is 0 Å². The van der Waals surface area contributed by atoms with E-state index in [4.69, 9.17) is 0 Å². The molecule has 0 bridgehead atoms. The van der Waals surface area contributed by atoms with Crippen molar-refractivity contribution in [3.8, 4) is 0 Å². The maximum absolute atomic E-state index is 13.1. The van der Waals surface area contributed by atoms with Crippen molar-refractivity contribution >= 4 is 15.9 Å². The number of benzene rings is 1. The summed E-state index contributed by atoms with van der Waals surface area (Å²) >= 11 is 0. The molecule has 0 saturated carbocycles. The van der Waals surface area contributed by atoms with Crippen LogP contribution in [-0.4, -0.2) is 47.6 Å². The largest absolute Gasteiger partial charge is 0.334 e. The van der Waals surface area contributed by atoms with Crippen molar-refractivity contribution in [2.45, 2.75) is 37.2 Å². The normalized spacial score (nSPS) is 18.2. The van der Waals surface area contributed by atoms with E-state index < -0.39 is 15.8 Å². The van der Waals surface area contributed by atoms with Crippen LogP contribution in [0.15, 0.2) is 53.7 Å². The molecule has 6 nitrogen and oxygen atoms in total. The first-order valence-corrected chi connectivity index (χ1v) is 10.2. The number of amides is 1. The highest BCUT2D eigenvalue weighted by Crippen LogP contribution is 2.24. The topological polar surface area (TPSA) is 70.6 Å².